The monoisotopic (exact) mass is 513 g/mol. The molecule has 0 saturated carbocycles. The highest BCUT2D eigenvalue weighted by molar-refractivity contribution is 7.19. The molecule has 0 radical (unpaired) electrons. The number of rotatable bonds is 8. The first-order chi connectivity index (χ1) is 18.0. The number of nitrogens with zero attached hydrogens (tertiary/aromatic N) is 5. The van der Waals surface area contributed by atoms with Crippen LogP contribution in [0.3, 0.4) is 0 Å². The molecular weight excluding hydrogens is 482 g/mol. The standard InChI is InChI=1S/C28H31N7OS/c1-20-26(37-28(31-20)30-14-12-22-6-4-3-5-7-22)25-13-15-29-27(33-25)32-23-8-10-24(11-9-23)35-18-16-34(17-19-35)21(2)36/h3-11,13,15H,12,14,16-19H2,1-2H3,(H,30,31)(H,29,32,33). The van der Waals surface area contributed by atoms with Crippen molar-refractivity contribution in [2.45, 2.75) is 20.3 Å². The van der Waals surface area contributed by atoms with Crippen molar-refractivity contribution >= 4 is 39.7 Å². The molecule has 1 aliphatic heterocycles. The Morgan fingerprint density at radius 1 is 0.973 bits per heavy atom. The average molecular weight is 514 g/mol. The third kappa shape index (κ3) is 6.24. The quantitative estimate of drug-likeness (QED) is 0.344. The first-order valence-corrected chi connectivity index (χ1v) is 13.3. The molecule has 3 heterocycles. The van der Waals surface area contributed by atoms with Gasteiger partial charge in [0, 0.05) is 57.2 Å². The van der Waals surface area contributed by atoms with Crippen molar-refractivity contribution < 1.29 is 4.79 Å². The Kier molecular flexibility index (Phi) is 7.60. The highest BCUT2D eigenvalue weighted by atomic mass is 32.1. The van der Waals surface area contributed by atoms with Crippen LogP contribution < -0.4 is 15.5 Å². The molecule has 37 heavy (non-hydrogen) atoms. The molecule has 0 bridgehead atoms. The first-order valence-electron chi connectivity index (χ1n) is 12.5. The lowest BCUT2D eigenvalue weighted by atomic mass is 10.2. The molecule has 4 aromatic rings. The zero-order valence-electron chi connectivity index (χ0n) is 21.1. The number of aryl methyl sites for hydroxylation is 1. The van der Waals surface area contributed by atoms with Crippen LogP contribution in [0.15, 0.2) is 66.9 Å². The van der Waals surface area contributed by atoms with Crippen molar-refractivity contribution in [2.75, 3.05) is 48.3 Å². The number of hydrogen-bond acceptors (Lipinski definition) is 8. The smallest absolute Gasteiger partial charge is 0.227 e. The van der Waals surface area contributed by atoms with Gasteiger partial charge in [0.2, 0.25) is 11.9 Å². The minimum atomic E-state index is 0.144. The number of piperazine rings is 1. The Morgan fingerprint density at radius 3 is 2.46 bits per heavy atom. The fourth-order valence-electron chi connectivity index (χ4n) is 4.38. The summed E-state index contributed by atoms with van der Waals surface area (Å²) < 4.78 is 0. The number of aromatic nitrogens is 3. The van der Waals surface area contributed by atoms with Crippen LogP contribution in [0.1, 0.15) is 18.2 Å². The van der Waals surface area contributed by atoms with E-state index in [4.69, 9.17) is 9.97 Å². The van der Waals surface area contributed by atoms with Gasteiger partial charge >= 0.3 is 0 Å². The highest BCUT2D eigenvalue weighted by Gasteiger charge is 2.18. The van der Waals surface area contributed by atoms with Gasteiger partial charge in [-0.05, 0) is 49.2 Å². The van der Waals surface area contributed by atoms with Gasteiger partial charge < -0.3 is 20.4 Å². The van der Waals surface area contributed by atoms with Gasteiger partial charge in [0.25, 0.3) is 0 Å². The van der Waals surface area contributed by atoms with Gasteiger partial charge in [0.05, 0.1) is 16.3 Å². The van der Waals surface area contributed by atoms with Gasteiger partial charge in [0.1, 0.15) is 0 Å². The summed E-state index contributed by atoms with van der Waals surface area (Å²) in [5, 5.41) is 7.66. The van der Waals surface area contributed by atoms with E-state index in [1.165, 1.54) is 5.56 Å². The molecule has 8 nitrogen and oxygen atoms in total. The normalized spacial score (nSPS) is 13.5. The van der Waals surface area contributed by atoms with Crippen LogP contribution >= 0.6 is 11.3 Å². The fraction of sp³-hybridized carbons (Fsp3) is 0.286. The van der Waals surface area contributed by atoms with Gasteiger partial charge in [-0.2, -0.15) is 0 Å². The van der Waals surface area contributed by atoms with E-state index >= 15 is 0 Å². The van der Waals surface area contributed by atoms with Crippen LogP contribution in [0.25, 0.3) is 10.6 Å². The first kappa shape index (κ1) is 24.7. The molecule has 0 aliphatic carbocycles. The molecule has 1 saturated heterocycles. The molecule has 0 unspecified atom stereocenters. The second kappa shape index (κ2) is 11.4. The van der Waals surface area contributed by atoms with E-state index in [1.807, 2.05) is 36.1 Å². The molecule has 0 spiro atoms. The Bertz CT molecular complexity index is 1330. The van der Waals surface area contributed by atoms with Gasteiger partial charge in [-0.25, -0.2) is 15.0 Å². The van der Waals surface area contributed by atoms with Crippen LogP contribution in [-0.4, -0.2) is 58.5 Å². The largest absolute Gasteiger partial charge is 0.368 e. The maximum Gasteiger partial charge on any atom is 0.227 e. The number of anilines is 4. The molecule has 1 fully saturated rings. The summed E-state index contributed by atoms with van der Waals surface area (Å²) in [6, 6.07) is 20.6. The van der Waals surface area contributed by atoms with Crippen LogP contribution in [-0.2, 0) is 11.2 Å². The van der Waals surface area contributed by atoms with Gasteiger partial charge in [0.15, 0.2) is 5.13 Å². The predicted octanol–water partition coefficient (Wildman–Crippen LogP) is 4.98. The Morgan fingerprint density at radius 2 is 1.73 bits per heavy atom. The van der Waals surface area contributed by atoms with Crippen LogP contribution in [0.2, 0.25) is 0 Å². The van der Waals surface area contributed by atoms with Crippen molar-refractivity contribution in [2.24, 2.45) is 0 Å². The fourth-order valence-corrected chi connectivity index (χ4v) is 5.34. The Labute approximate surface area is 221 Å². The molecule has 0 atom stereocenters. The van der Waals surface area contributed by atoms with E-state index in [1.54, 1.807) is 24.5 Å². The zero-order chi connectivity index (χ0) is 25.6. The minimum absolute atomic E-state index is 0.144. The van der Waals surface area contributed by atoms with E-state index in [9.17, 15) is 4.79 Å². The Balaban J connectivity index is 1.20. The topological polar surface area (TPSA) is 86.3 Å². The summed E-state index contributed by atoms with van der Waals surface area (Å²) in [6.07, 6.45) is 2.72. The van der Waals surface area contributed by atoms with E-state index < -0.39 is 0 Å². The third-order valence-corrected chi connectivity index (χ3v) is 7.57. The molecule has 9 heteroatoms. The molecule has 1 aliphatic rings. The van der Waals surface area contributed by atoms with Gasteiger partial charge in [-0.1, -0.05) is 41.7 Å². The predicted molar refractivity (Wildman–Crippen MR) is 151 cm³/mol. The summed E-state index contributed by atoms with van der Waals surface area (Å²) >= 11 is 1.61. The van der Waals surface area contributed by atoms with Crippen molar-refractivity contribution in [3.63, 3.8) is 0 Å². The molecule has 2 aromatic carbocycles. The molecule has 5 rings (SSSR count). The lowest BCUT2D eigenvalue weighted by molar-refractivity contribution is -0.129. The summed E-state index contributed by atoms with van der Waals surface area (Å²) in [5.74, 6) is 0.692. The lowest BCUT2D eigenvalue weighted by Gasteiger charge is -2.35. The number of amides is 1. The number of carbonyl (C=O) groups is 1. The highest BCUT2D eigenvalue weighted by Crippen LogP contribution is 2.32. The van der Waals surface area contributed by atoms with Crippen molar-refractivity contribution in [1.29, 1.82) is 0 Å². The van der Waals surface area contributed by atoms with E-state index in [-0.39, 0.29) is 5.91 Å². The zero-order valence-corrected chi connectivity index (χ0v) is 22.0. The van der Waals surface area contributed by atoms with Crippen molar-refractivity contribution in [1.82, 2.24) is 19.9 Å². The third-order valence-electron chi connectivity index (χ3n) is 6.43. The summed E-state index contributed by atoms with van der Waals surface area (Å²) in [7, 11) is 0. The SMILES string of the molecule is CC(=O)N1CCN(c2ccc(Nc3nccc(-c4sc(NCCc5ccccc5)nc4C)n3)cc2)CC1. The minimum Gasteiger partial charge on any atom is -0.368 e. The number of nitrogens with one attached hydrogen (secondary N) is 2. The lowest BCUT2D eigenvalue weighted by Crippen LogP contribution is -2.48. The maximum absolute atomic E-state index is 11.6. The summed E-state index contributed by atoms with van der Waals surface area (Å²) in [6.45, 7) is 7.68. The second-order valence-corrected chi connectivity index (χ2v) is 10.0. The Hall–Kier alpha value is -3.98. The average Bonchev–Trinajstić information content (AvgIpc) is 3.30. The van der Waals surface area contributed by atoms with Crippen LogP contribution in [0.4, 0.5) is 22.5 Å². The van der Waals surface area contributed by atoms with E-state index in [0.29, 0.717) is 5.95 Å². The molecule has 2 aromatic heterocycles. The number of benzene rings is 2. The molecule has 2 N–H and O–H groups in total. The van der Waals surface area contributed by atoms with Crippen molar-refractivity contribution in [3.05, 3.63) is 78.1 Å². The number of thiazole rings is 1. The summed E-state index contributed by atoms with van der Waals surface area (Å²) in [4.78, 5) is 30.7. The second-order valence-electron chi connectivity index (χ2n) is 9.03. The summed E-state index contributed by atoms with van der Waals surface area (Å²) in [5.41, 5.74) is 5.18. The van der Waals surface area contributed by atoms with Gasteiger partial charge in [-0.3, -0.25) is 4.79 Å². The molecule has 190 valence electrons. The number of carbonyl (C=O) groups excluding carboxylic acids is 1. The van der Waals surface area contributed by atoms with Crippen LogP contribution in [0, 0.1) is 6.92 Å². The van der Waals surface area contributed by atoms with Crippen molar-refractivity contribution in [3.8, 4) is 10.6 Å². The number of hydrogen-bond donors (Lipinski definition) is 2. The van der Waals surface area contributed by atoms with E-state index in [0.717, 1.165) is 71.9 Å². The van der Waals surface area contributed by atoms with E-state index in [2.05, 4.69) is 56.9 Å². The maximum atomic E-state index is 11.6. The molecular formula is C28H31N7OS. The van der Waals surface area contributed by atoms with Gasteiger partial charge in [-0.15, -0.1) is 0 Å². The van der Waals surface area contributed by atoms with Crippen LogP contribution in [0.5, 0.6) is 0 Å². The molecule has 1 amide bonds.